The van der Waals surface area contributed by atoms with Crippen LogP contribution in [-0.4, -0.2) is 53.8 Å². The van der Waals surface area contributed by atoms with Crippen molar-refractivity contribution < 1.29 is 19.1 Å². The van der Waals surface area contributed by atoms with E-state index in [0.717, 1.165) is 11.1 Å². The second-order valence-electron chi connectivity index (χ2n) is 6.69. The third-order valence-corrected chi connectivity index (χ3v) is 4.44. The van der Waals surface area contributed by atoms with Gasteiger partial charge in [-0.3, -0.25) is 9.59 Å². The molecule has 1 amide bonds. The Morgan fingerprint density at radius 3 is 2.65 bits per heavy atom. The molecule has 1 aliphatic heterocycles. The molecule has 1 aromatic carbocycles. The number of aryl methyl sites for hydroxylation is 1. The quantitative estimate of drug-likeness (QED) is 0.808. The van der Waals surface area contributed by atoms with E-state index in [0.29, 0.717) is 13.1 Å². The zero-order chi connectivity index (χ0) is 18.8. The van der Waals surface area contributed by atoms with E-state index in [1.807, 2.05) is 50.2 Å². The zero-order valence-corrected chi connectivity index (χ0v) is 15.1. The van der Waals surface area contributed by atoms with Crippen molar-refractivity contribution in [3.63, 3.8) is 0 Å². The minimum Gasteiger partial charge on any atom is -0.503 e. The Morgan fingerprint density at radius 2 is 2.04 bits per heavy atom. The van der Waals surface area contributed by atoms with Crippen molar-refractivity contribution in [3.05, 3.63) is 70.9 Å². The number of hydrogen-bond donors (Lipinski definition) is 1. The molecule has 0 spiro atoms. The molecule has 0 aliphatic carbocycles. The fraction of sp³-hybridized carbons (Fsp3) is 0.300. The highest BCUT2D eigenvalue weighted by Gasteiger charge is 2.44. The molecule has 2 aromatic rings. The molecule has 0 saturated heterocycles. The Hall–Kier alpha value is -2.86. The summed E-state index contributed by atoms with van der Waals surface area (Å²) in [5, 5.41) is 10.5. The van der Waals surface area contributed by atoms with E-state index >= 15 is 0 Å². The molecule has 1 aliphatic rings. The van der Waals surface area contributed by atoms with Crippen LogP contribution in [0.5, 0.6) is 0 Å². The summed E-state index contributed by atoms with van der Waals surface area (Å²) in [5.74, 6) is -1.41. The summed E-state index contributed by atoms with van der Waals surface area (Å²) >= 11 is 0. The van der Waals surface area contributed by atoms with Crippen molar-refractivity contribution in [1.29, 1.82) is 0 Å². The first kappa shape index (κ1) is 17.9. The topological polar surface area (TPSA) is 74.0 Å². The molecule has 0 fully saturated rings. The monoisotopic (exact) mass is 354 g/mol. The lowest BCUT2D eigenvalue weighted by molar-refractivity contribution is -0.129. The van der Waals surface area contributed by atoms with Gasteiger partial charge in [0.15, 0.2) is 11.5 Å². The number of likely N-dealkylation sites (N-methyl/N-ethyl adjacent to an activating group) is 1. The van der Waals surface area contributed by atoms with Crippen molar-refractivity contribution in [2.24, 2.45) is 0 Å². The minimum atomic E-state index is -0.639. The molecular weight excluding hydrogens is 332 g/mol. The molecule has 1 atom stereocenters. The molecule has 3 rings (SSSR count). The van der Waals surface area contributed by atoms with Crippen LogP contribution in [0.25, 0.3) is 0 Å². The Labute approximate surface area is 152 Å². The summed E-state index contributed by atoms with van der Waals surface area (Å²) in [7, 11) is 3.81. The summed E-state index contributed by atoms with van der Waals surface area (Å²) in [5.41, 5.74) is 1.86. The van der Waals surface area contributed by atoms with Crippen LogP contribution < -0.4 is 0 Å². The number of Topliss-reactive ketones (excluding diaryl/α,β-unsaturated/α-hetero) is 1. The first-order valence-corrected chi connectivity index (χ1v) is 8.43. The van der Waals surface area contributed by atoms with Crippen LogP contribution >= 0.6 is 0 Å². The molecule has 6 heteroatoms. The van der Waals surface area contributed by atoms with Gasteiger partial charge in [0.2, 0.25) is 5.78 Å². The van der Waals surface area contributed by atoms with Crippen molar-refractivity contribution in [1.82, 2.24) is 9.80 Å². The average Bonchev–Trinajstić information content (AvgIpc) is 3.21. The normalized spacial score (nSPS) is 17.5. The summed E-state index contributed by atoms with van der Waals surface area (Å²) < 4.78 is 5.20. The summed E-state index contributed by atoms with van der Waals surface area (Å²) in [6.07, 6.45) is 1.40. The van der Waals surface area contributed by atoms with E-state index < -0.39 is 23.5 Å². The van der Waals surface area contributed by atoms with Crippen molar-refractivity contribution >= 4 is 11.7 Å². The number of carbonyl (C=O) groups is 2. The van der Waals surface area contributed by atoms with Crippen LogP contribution in [0.2, 0.25) is 0 Å². The van der Waals surface area contributed by atoms with Crippen LogP contribution in [0, 0.1) is 6.92 Å². The van der Waals surface area contributed by atoms with E-state index in [2.05, 4.69) is 0 Å². The van der Waals surface area contributed by atoms with Crippen LogP contribution in [0.4, 0.5) is 0 Å². The van der Waals surface area contributed by atoms with Crippen LogP contribution in [-0.2, 0) is 4.79 Å². The second kappa shape index (κ2) is 7.17. The SMILES string of the molecule is Cc1cccc(C2C(C(=O)c3ccco3)=C(O)C(=O)N2CCN(C)C)c1. The van der Waals surface area contributed by atoms with Gasteiger partial charge in [-0.25, -0.2) is 0 Å². The molecule has 1 aromatic heterocycles. The summed E-state index contributed by atoms with van der Waals surface area (Å²) in [6, 6.07) is 10.1. The minimum absolute atomic E-state index is 0.0642. The van der Waals surface area contributed by atoms with Crippen LogP contribution in [0.1, 0.15) is 27.7 Å². The first-order valence-electron chi connectivity index (χ1n) is 8.43. The van der Waals surface area contributed by atoms with Gasteiger partial charge >= 0.3 is 0 Å². The highest BCUT2D eigenvalue weighted by Crippen LogP contribution is 2.39. The third-order valence-electron chi connectivity index (χ3n) is 4.44. The average molecular weight is 354 g/mol. The molecule has 0 bridgehead atoms. The lowest BCUT2D eigenvalue weighted by atomic mass is 9.94. The number of nitrogens with zero attached hydrogens (tertiary/aromatic N) is 2. The maximum Gasteiger partial charge on any atom is 0.290 e. The molecular formula is C20H22N2O4. The van der Waals surface area contributed by atoms with Gasteiger partial charge in [0.1, 0.15) is 0 Å². The third kappa shape index (κ3) is 3.28. The molecule has 6 nitrogen and oxygen atoms in total. The van der Waals surface area contributed by atoms with Crippen LogP contribution in [0.3, 0.4) is 0 Å². The van der Waals surface area contributed by atoms with Gasteiger partial charge in [0, 0.05) is 13.1 Å². The maximum atomic E-state index is 12.9. The zero-order valence-electron chi connectivity index (χ0n) is 15.1. The molecule has 0 radical (unpaired) electrons. The molecule has 26 heavy (non-hydrogen) atoms. The summed E-state index contributed by atoms with van der Waals surface area (Å²) in [4.78, 5) is 29.1. The highest BCUT2D eigenvalue weighted by molar-refractivity contribution is 6.15. The van der Waals surface area contributed by atoms with Crippen LogP contribution in [0.15, 0.2) is 58.4 Å². The van der Waals surface area contributed by atoms with Crippen molar-refractivity contribution in [3.8, 4) is 0 Å². The van der Waals surface area contributed by atoms with E-state index in [4.69, 9.17) is 4.42 Å². The Bertz CT molecular complexity index is 852. The number of rotatable bonds is 6. The number of amides is 1. The molecule has 1 unspecified atom stereocenters. The predicted octanol–water partition coefficient (Wildman–Crippen LogP) is 2.73. The Kier molecular flexibility index (Phi) is 4.95. The van der Waals surface area contributed by atoms with E-state index in [1.165, 1.54) is 12.3 Å². The molecule has 2 heterocycles. The van der Waals surface area contributed by atoms with Gasteiger partial charge in [-0.2, -0.15) is 0 Å². The van der Waals surface area contributed by atoms with Gasteiger partial charge in [0.05, 0.1) is 17.9 Å². The number of aliphatic hydroxyl groups is 1. The highest BCUT2D eigenvalue weighted by atomic mass is 16.3. The number of aliphatic hydroxyl groups excluding tert-OH is 1. The fourth-order valence-corrected chi connectivity index (χ4v) is 3.15. The largest absolute Gasteiger partial charge is 0.503 e. The second-order valence-corrected chi connectivity index (χ2v) is 6.69. The van der Waals surface area contributed by atoms with E-state index in [9.17, 15) is 14.7 Å². The van der Waals surface area contributed by atoms with Crippen molar-refractivity contribution in [2.75, 3.05) is 27.2 Å². The van der Waals surface area contributed by atoms with Gasteiger partial charge < -0.3 is 19.3 Å². The first-order chi connectivity index (χ1) is 12.4. The number of benzene rings is 1. The van der Waals surface area contributed by atoms with Gasteiger partial charge in [-0.1, -0.05) is 29.8 Å². The molecule has 136 valence electrons. The molecule has 1 N–H and O–H groups in total. The number of furan rings is 1. The standard InChI is InChI=1S/C20H22N2O4/c1-13-6-4-7-14(12-13)17-16(18(23)15-8-5-11-26-15)19(24)20(25)22(17)10-9-21(2)3/h4-8,11-12,17,24H,9-10H2,1-3H3. The van der Waals surface area contributed by atoms with Crippen molar-refractivity contribution in [2.45, 2.75) is 13.0 Å². The fourth-order valence-electron chi connectivity index (χ4n) is 3.15. The van der Waals surface area contributed by atoms with E-state index in [1.54, 1.807) is 11.0 Å². The Balaban J connectivity index is 2.06. The lowest BCUT2D eigenvalue weighted by Crippen LogP contribution is -2.36. The number of carbonyl (C=O) groups excluding carboxylic acids is 2. The van der Waals surface area contributed by atoms with Gasteiger partial charge in [0.25, 0.3) is 5.91 Å². The van der Waals surface area contributed by atoms with Gasteiger partial charge in [-0.05, 0) is 38.7 Å². The number of ketones is 1. The Morgan fingerprint density at radius 1 is 1.27 bits per heavy atom. The van der Waals surface area contributed by atoms with E-state index in [-0.39, 0.29) is 11.3 Å². The number of hydrogen-bond acceptors (Lipinski definition) is 5. The maximum absolute atomic E-state index is 12.9. The predicted molar refractivity (Wildman–Crippen MR) is 96.9 cm³/mol. The lowest BCUT2D eigenvalue weighted by Gasteiger charge is -2.28. The summed E-state index contributed by atoms with van der Waals surface area (Å²) in [6.45, 7) is 2.95. The van der Waals surface area contributed by atoms with Gasteiger partial charge in [-0.15, -0.1) is 0 Å². The smallest absolute Gasteiger partial charge is 0.290 e. The molecule has 0 saturated carbocycles.